The normalized spacial score (nSPS) is 14.3. The molecule has 0 heterocycles. The summed E-state index contributed by atoms with van der Waals surface area (Å²) < 4.78 is 54.1. The maximum atomic E-state index is 14.7. The smallest absolute Gasteiger partial charge is 0.351 e. The number of benzene rings is 3. The number of halogens is 4. The molecular formula is C29H25F4N5O. The van der Waals surface area contributed by atoms with Gasteiger partial charge in [-0.3, -0.25) is 10.2 Å². The van der Waals surface area contributed by atoms with Crippen LogP contribution in [0.15, 0.2) is 84.6 Å². The Hall–Kier alpha value is -4.49. The summed E-state index contributed by atoms with van der Waals surface area (Å²) in [6.07, 6.45) is -2.39. The van der Waals surface area contributed by atoms with Crippen LogP contribution in [-0.2, 0) is 4.79 Å². The maximum absolute atomic E-state index is 14.7. The fourth-order valence-corrected chi connectivity index (χ4v) is 3.92. The summed E-state index contributed by atoms with van der Waals surface area (Å²) in [5, 5.41) is 25.0. The number of nitrogens with one attached hydrogen (secondary N) is 4. The second kappa shape index (κ2) is 11.9. The molecule has 1 fully saturated rings. The lowest BCUT2D eigenvalue weighted by Crippen LogP contribution is -2.26. The van der Waals surface area contributed by atoms with Crippen molar-refractivity contribution in [3.63, 3.8) is 0 Å². The molecular weight excluding hydrogens is 510 g/mol. The van der Waals surface area contributed by atoms with Crippen LogP contribution in [0, 0.1) is 28.5 Å². The Labute approximate surface area is 222 Å². The number of carbonyl (C=O) groups excluding carboxylic acids is 1. The topological polar surface area (TPSA) is 101 Å². The van der Waals surface area contributed by atoms with Crippen molar-refractivity contribution in [2.75, 3.05) is 17.2 Å². The minimum Gasteiger partial charge on any atom is -0.351 e. The quantitative estimate of drug-likeness (QED) is 0.139. The van der Waals surface area contributed by atoms with Gasteiger partial charge in [0.15, 0.2) is 0 Å². The standard InChI is InChI=1S/C29H25F4N5O/c30-24-10-2-1-9-23(24)27(36-17-18-11-12-18)20-6-4-8-22(14-20)38-28(39)25(15-26(35)29(31,32)33)37-21-7-3-5-19(13-21)16-34/h1-10,13-15,18,27,35-37H,11-12,17H2,(H,38,39)/b25-15-,35-26?. The Kier molecular flexibility index (Phi) is 8.42. The Bertz CT molecular complexity index is 1440. The molecule has 6 nitrogen and oxygen atoms in total. The van der Waals surface area contributed by atoms with Crippen molar-refractivity contribution in [3.05, 3.63) is 107 Å². The number of hydrogen-bond acceptors (Lipinski definition) is 5. The van der Waals surface area contributed by atoms with E-state index in [4.69, 9.17) is 10.7 Å². The van der Waals surface area contributed by atoms with Crippen LogP contribution in [0.25, 0.3) is 0 Å². The fraction of sp³-hybridized carbons (Fsp3) is 0.207. The second-order valence-electron chi connectivity index (χ2n) is 9.17. The minimum atomic E-state index is -4.97. The largest absolute Gasteiger partial charge is 0.432 e. The molecule has 1 atom stereocenters. The van der Waals surface area contributed by atoms with Crippen LogP contribution in [0.3, 0.4) is 0 Å². The fourth-order valence-electron chi connectivity index (χ4n) is 3.92. The predicted octanol–water partition coefficient (Wildman–Crippen LogP) is 6.30. The van der Waals surface area contributed by atoms with Crippen LogP contribution in [0.1, 0.15) is 35.6 Å². The van der Waals surface area contributed by atoms with Gasteiger partial charge >= 0.3 is 6.18 Å². The van der Waals surface area contributed by atoms with Crippen LogP contribution in [-0.4, -0.2) is 24.3 Å². The number of hydrogen-bond donors (Lipinski definition) is 4. The molecule has 3 aromatic carbocycles. The molecule has 1 aliphatic rings. The lowest BCUT2D eigenvalue weighted by molar-refractivity contribution is -0.112. The van der Waals surface area contributed by atoms with Crippen molar-refractivity contribution in [2.45, 2.75) is 25.1 Å². The predicted molar refractivity (Wildman–Crippen MR) is 141 cm³/mol. The molecule has 4 N–H and O–H groups in total. The van der Waals surface area contributed by atoms with Gasteiger partial charge < -0.3 is 16.0 Å². The number of rotatable bonds is 10. The van der Waals surface area contributed by atoms with E-state index in [1.807, 2.05) is 6.07 Å². The third-order valence-corrected chi connectivity index (χ3v) is 6.11. The third kappa shape index (κ3) is 7.52. The van der Waals surface area contributed by atoms with E-state index in [-0.39, 0.29) is 22.8 Å². The summed E-state index contributed by atoms with van der Waals surface area (Å²) in [6, 6.07) is 20.2. The molecule has 1 aliphatic carbocycles. The first kappa shape index (κ1) is 27.5. The van der Waals surface area contributed by atoms with E-state index < -0.39 is 29.5 Å². The van der Waals surface area contributed by atoms with E-state index in [0.717, 1.165) is 12.8 Å². The summed E-state index contributed by atoms with van der Waals surface area (Å²) in [5.74, 6) is -0.804. The Morgan fingerprint density at radius 1 is 1.03 bits per heavy atom. The zero-order valence-electron chi connectivity index (χ0n) is 20.6. The highest BCUT2D eigenvalue weighted by Gasteiger charge is 2.33. The average molecular weight is 536 g/mol. The Morgan fingerprint density at radius 3 is 2.38 bits per heavy atom. The summed E-state index contributed by atoms with van der Waals surface area (Å²) in [6.45, 7) is 0.688. The minimum absolute atomic E-state index is 0.197. The molecule has 1 unspecified atom stereocenters. The first-order chi connectivity index (χ1) is 18.6. The van der Waals surface area contributed by atoms with E-state index in [1.165, 1.54) is 30.3 Å². The molecule has 0 radical (unpaired) electrons. The number of carbonyl (C=O) groups is 1. The van der Waals surface area contributed by atoms with Gasteiger partial charge in [-0.2, -0.15) is 18.4 Å². The van der Waals surface area contributed by atoms with Gasteiger partial charge in [-0.05, 0) is 73.3 Å². The summed E-state index contributed by atoms with van der Waals surface area (Å²) >= 11 is 0. The van der Waals surface area contributed by atoms with Gasteiger partial charge in [0.2, 0.25) is 0 Å². The zero-order chi connectivity index (χ0) is 28.0. The average Bonchev–Trinajstić information content (AvgIpc) is 3.74. The van der Waals surface area contributed by atoms with E-state index in [1.54, 1.807) is 42.5 Å². The van der Waals surface area contributed by atoms with E-state index >= 15 is 0 Å². The second-order valence-corrected chi connectivity index (χ2v) is 9.17. The molecule has 3 aromatic rings. The summed E-state index contributed by atoms with van der Waals surface area (Å²) in [7, 11) is 0. The number of amides is 1. The zero-order valence-corrected chi connectivity index (χ0v) is 20.6. The lowest BCUT2D eigenvalue weighted by Gasteiger charge is -2.21. The molecule has 4 rings (SSSR count). The number of alkyl halides is 3. The van der Waals surface area contributed by atoms with Gasteiger partial charge in [-0.25, -0.2) is 4.39 Å². The Morgan fingerprint density at radius 2 is 1.72 bits per heavy atom. The van der Waals surface area contributed by atoms with Crippen LogP contribution >= 0.6 is 0 Å². The monoisotopic (exact) mass is 535 g/mol. The van der Waals surface area contributed by atoms with Gasteiger partial charge in [-0.15, -0.1) is 0 Å². The lowest BCUT2D eigenvalue weighted by atomic mass is 9.97. The van der Waals surface area contributed by atoms with Crippen molar-refractivity contribution < 1.29 is 22.4 Å². The summed E-state index contributed by atoms with van der Waals surface area (Å²) in [5.41, 5.74) is -0.491. The van der Waals surface area contributed by atoms with Crippen molar-refractivity contribution >= 4 is 23.0 Å². The first-order valence-corrected chi connectivity index (χ1v) is 12.2. The van der Waals surface area contributed by atoms with Crippen LogP contribution in [0.4, 0.5) is 28.9 Å². The number of allylic oxidation sites excluding steroid dienone is 1. The highest BCUT2D eigenvalue weighted by molar-refractivity contribution is 6.11. The van der Waals surface area contributed by atoms with Crippen LogP contribution in [0.5, 0.6) is 0 Å². The maximum Gasteiger partial charge on any atom is 0.432 e. The molecule has 0 saturated heterocycles. The van der Waals surface area contributed by atoms with Crippen molar-refractivity contribution in [3.8, 4) is 6.07 Å². The van der Waals surface area contributed by atoms with Gasteiger partial charge in [0.25, 0.3) is 5.91 Å². The van der Waals surface area contributed by atoms with Crippen molar-refractivity contribution in [2.24, 2.45) is 5.92 Å². The third-order valence-electron chi connectivity index (χ3n) is 6.11. The van der Waals surface area contributed by atoms with Gasteiger partial charge in [0.05, 0.1) is 17.7 Å². The van der Waals surface area contributed by atoms with Gasteiger partial charge in [-0.1, -0.05) is 36.4 Å². The molecule has 39 heavy (non-hydrogen) atoms. The number of anilines is 2. The van der Waals surface area contributed by atoms with Gasteiger partial charge in [0, 0.05) is 16.9 Å². The van der Waals surface area contributed by atoms with E-state index in [0.29, 0.717) is 29.7 Å². The molecule has 0 spiro atoms. The number of nitrogens with zero attached hydrogens (tertiary/aromatic N) is 1. The van der Waals surface area contributed by atoms with Crippen molar-refractivity contribution in [1.29, 1.82) is 10.7 Å². The van der Waals surface area contributed by atoms with Gasteiger partial charge in [0.1, 0.15) is 17.2 Å². The van der Waals surface area contributed by atoms with Crippen LogP contribution < -0.4 is 16.0 Å². The van der Waals surface area contributed by atoms with Crippen LogP contribution in [0.2, 0.25) is 0 Å². The summed E-state index contributed by atoms with van der Waals surface area (Å²) in [4.78, 5) is 13.1. The SMILES string of the molecule is N#Cc1cccc(N/C(=C\C(=N)C(F)(F)F)C(=O)Nc2cccc(C(NCC3CC3)c3ccccc3F)c2)c1. The number of nitriles is 1. The van der Waals surface area contributed by atoms with E-state index in [2.05, 4.69) is 16.0 Å². The molecule has 1 amide bonds. The molecule has 0 aliphatic heterocycles. The first-order valence-electron chi connectivity index (χ1n) is 12.2. The highest BCUT2D eigenvalue weighted by Crippen LogP contribution is 2.31. The molecule has 0 bridgehead atoms. The molecule has 1 saturated carbocycles. The van der Waals surface area contributed by atoms with Crippen molar-refractivity contribution in [1.82, 2.24) is 5.32 Å². The molecule has 200 valence electrons. The van der Waals surface area contributed by atoms with E-state index in [9.17, 15) is 22.4 Å². The molecule has 0 aromatic heterocycles. The highest BCUT2D eigenvalue weighted by atomic mass is 19.4. The molecule has 10 heteroatoms. The Balaban J connectivity index is 1.61.